The highest BCUT2D eigenvalue weighted by molar-refractivity contribution is 5.82. The fourth-order valence-electron chi connectivity index (χ4n) is 4.35. The first-order valence-corrected chi connectivity index (χ1v) is 11.5. The highest BCUT2D eigenvalue weighted by Crippen LogP contribution is 2.41. The summed E-state index contributed by atoms with van der Waals surface area (Å²) in [6.45, 7) is 7.24. The molecule has 1 aliphatic carbocycles. The average Bonchev–Trinajstić information content (AvgIpc) is 3.62. The molecule has 2 aromatic carbocycles. The molecule has 164 valence electrons. The van der Waals surface area contributed by atoms with Gasteiger partial charge in [-0.3, -0.25) is 9.59 Å². The molecule has 5 heteroatoms. The summed E-state index contributed by atoms with van der Waals surface area (Å²) in [6.07, 6.45) is 2.90. The second kappa shape index (κ2) is 9.13. The monoisotopic (exact) mass is 420 g/mol. The molecule has 0 radical (unpaired) electrons. The highest BCUT2D eigenvalue weighted by Gasteiger charge is 2.39. The van der Waals surface area contributed by atoms with Crippen molar-refractivity contribution in [2.75, 3.05) is 13.1 Å². The van der Waals surface area contributed by atoms with Gasteiger partial charge in [0.1, 0.15) is 5.75 Å². The Bertz CT molecular complexity index is 950. The molecule has 0 bridgehead atoms. The van der Waals surface area contributed by atoms with E-state index in [0.29, 0.717) is 18.7 Å². The smallest absolute Gasteiger partial charge is 0.261 e. The van der Waals surface area contributed by atoms with Gasteiger partial charge in [0.25, 0.3) is 5.91 Å². The van der Waals surface area contributed by atoms with E-state index < -0.39 is 6.10 Å². The minimum Gasteiger partial charge on any atom is -0.481 e. The summed E-state index contributed by atoms with van der Waals surface area (Å²) < 4.78 is 6.09. The molecule has 1 N–H and O–H groups in total. The lowest BCUT2D eigenvalue weighted by atomic mass is 9.87. The average molecular weight is 421 g/mol. The van der Waals surface area contributed by atoms with Gasteiger partial charge in [0.05, 0.1) is 6.04 Å². The van der Waals surface area contributed by atoms with E-state index in [0.717, 1.165) is 36.9 Å². The molecule has 2 atom stereocenters. The third kappa shape index (κ3) is 4.60. The third-order valence-electron chi connectivity index (χ3n) is 6.24. The molecule has 31 heavy (non-hydrogen) atoms. The van der Waals surface area contributed by atoms with Crippen LogP contribution in [0.3, 0.4) is 0 Å². The Labute approximate surface area is 184 Å². The van der Waals surface area contributed by atoms with Gasteiger partial charge >= 0.3 is 0 Å². The van der Waals surface area contributed by atoms with E-state index in [1.165, 1.54) is 11.1 Å². The van der Waals surface area contributed by atoms with E-state index in [-0.39, 0.29) is 23.8 Å². The second-order valence-corrected chi connectivity index (χ2v) is 8.64. The molecule has 0 saturated heterocycles. The zero-order valence-corrected chi connectivity index (χ0v) is 18.7. The van der Waals surface area contributed by atoms with Crippen LogP contribution in [0, 0.1) is 12.8 Å². The summed E-state index contributed by atoms with van der Waals surface area (Å²) in [6, 6.07) is 14.4. The molecule has 4 rings (SSSR count). The molecular formula is C26H32N2O3. The summed E-state index contributed by atoms with van der Waals surface area (Å²) in [7, 11) is 0. The number of nitrogens with one attached hydrogen (secondary N) is 1. The predicted molar refractivity (Wildman–Crippen MR) is 121 cm³/mol. The van der Waals surface area contributed by atoms with Crippen LogP contribution < -0.4 is 10.1 Å². The Morgan fingerprint density at radius 3 is 2.52 bits per heavy atom. The van der Waals surface area contributed by atoms with Gasteiger partial charge in [-0.2, -0.15) is 0 Å². The molecule has 2 amide bonds. The summed E-state index contributed by atoms with van der Waals surface area (Å²) in [5, 5.41) is 2.84. The molecule has 1 fully saturated rings. The Kier molecular flexibility index (Phi) is 6.30. The number of fused-ring (bicyclic) bond motifs is 1. The first-order chi connectivity index (χ1) is 15.0. The molecular weight excluding hydrogens is 388 g/mol. The molecule has 2 aliphatic rings. The van der Waals surface area contributed by atoms with Gasteiger partial charge in [-0.25, -0.2) is 0 Å². The van der Waals surface area contributed by atoms with Crippen LogP contribution >= 0.6 is 0 Å². The van der Waals surface area contributed by atoms with E-state index in [9.17, 15) is 9.59 Å². The SMILES string of the molecule is CCNC(=O)[C@@H](CC)Oc1ccc2c(c1)[C@@H](c1ccc(C)cc1)N(C(=O)C1CC1)CC2. The molecule has 1 aliphatic heterocycles. The number of hydrogen-bond acceptors (Lipinski definition) is 3. The standard InChI is InChI=1S/C26H32N2O3/c1-4-23(25(29)27-5-2)31-21-13-12-18-14-15-28(26(30)20-10-11-20)24(22(18)16-21)19-8-6-17(3)7-9-19/h6-9,12-13,16,20,23-24H,4-5,10-11,14-15H2,1-3H3,(H,27,29)/t23-,24-/m1/s1. The van der Waals surface area contributed by atoms with Crippen molar-refractivity contribution in [3.05, 3.63) is 64.7 Å². The first kappa shape index (κ1) is 21.4. The van der Waals surface area contributed by atoms with Gasteiger partial charge in [-0.05, 0) is 68.4 Å². The summed E-state index contributed by atoms with van der Waals surface area (Å²) in [5.74, 6) is 1.02. The number of carbonyl (C=O) groups excluding carboxylic acids is 2. The number of aryl methyl sites for hydroxylation is 1. The minimum atomic E-state index is -0.524. The molecule has 5 nitrogen and oxygen atoms in total. The first-order valence-electron chi connectivity index (χ1n) is 11.5. The van der Waals surface area contributed by atoms with Crippen molar-refractivity contribution in [1.29, 1.82) is 0 Å². The zero-order chi connectivity index (χ0) is 22.0. The Hall–Kier alpha value is -2.82. The van der Waals surface area contributed by atoms with Crippen molar-refractivity contribution in [1.82, 2.24) is 10.2 Å². The van der Waals surface area contributed by atoms with E-state index in [1.807, 2.05) is 26.0 Å². The van der Waals surface area contributed by atoms with Crippen LogP contribution in [0.2, 0.25) is 0 Å². The molecule has 1 heterocycles. The maximum absolute atomic E-state index is 13.1. The Balaban J connectivity index is 1.69. The van der Waals surface area contributed by atoms with Crippen molar-refractivity contribution in [3.63, 3.8) is 0 Å². The van der Waals surface area contributed by atoms with Crippen LogP contribution in [-0.4, -0.2) is 35.9 Å². The Morgan fingerprint density at radius 2 is 1.87 bits per heavy atom. The molecule has 0 aromatic heterocycles. The summed E-state index contributed by atoms with van der Waals surface area (Å²) in [5.41, 5.74) is 4.66. The normalized spacial score (nSPS) is 18.8. The second-order valence-electron chi connectivity index (χ2n) is 8.64. The van der Waals surface area contributed by atoms with Crippen molar-refractivity contribution < 1.29 is 14.3 Å². The van der Waals surface area contributed by atoms with Crippen LogP contribution in [0.1, 0.15) is 61.4 Å². The Morgan fingerprint density at radius 1 is 1.13 bits per heavy atom. The maximum atomic E-state index is 13.1. The lowest BCUT2D eigenvalue weighted by Crippen LogP contribution is -2.41. The highest BCUT2D eigenvalue weighted by atomic mass is 16.5. The van der Waals surface area contributed by atoms with Gasteiger partial charge in [-0.15, -0.1) is 0 Å². The summed E-state index contributed by atoms with van der Waals surface area (Å²) >= 11 is 0. The number of nitrogens with zero attached hydrogens (tertiary/aromatic N) is 1. The van der Waals surface area contributed by atoms with E-state index >= 15 is 0 Å². The van der Waals surface area contributed by atoms with Gasteiger partial charge in [0, 0.05) is 19.0 Å². The number of carbonyl (C=O) groups is 2. The third-order valence-corrected chi connectivity index (χ3v) is 6.24. The fourth-order valence-corrected chi connectivity index (χ4v) is 4.35. The topological polar surface area (TPSA) is 58.6 Å². The van der Waals surface area contributed by atoms with E-state index in [1.54, 1.807) is 0 Å². The number of rotatable bonds is 7. The van der Waals surface area contributed by atoms with Crippen molar-refractivity contribution >= 4 is 11.8 Å². The zero-order valence-electron chi connectivity index (χ0n) is 18.7. The molecule has 1 saturated carbocycles. The number of likely N-dealkylation sites (N-methyl/N-ethyl adjacent to an activating group) is 1. The number of benzene rings is 2. The quantitative estimate of drug-likeness (QED) is 0.731. The number of amides is 2. The minimum absolute atomic E-state index is 0.0941. The van der Waals surface area contributed by atoms with Crippen molar-refractivity contribution in [3.8, 4) is 5.75 Å². The van der Waals surface area contributed by atoms with Crippen LogP contribution in [0.5, 0.6) is 5.75 Å². The predicted octanol–water partition coefficient (Wildman–Crippen LogP) is 4.17. The lowest BCUT2D eigenvalue weighted by molar-refractivity contribution is -0.134. The molecule has 0 spiro atoms. The molecule has 0 unspecified atom stereocenters. The van der Waals surface area contributed by atoms with E-state index in [2.05, 4.69) is 47.5 Å². The van der Waals surface area contributed by atoms with Crippen LogP contribution in [0.15, 0.2) is 42.5 Å². The summed E-state index contributed by atoms with van der Waals surface area (Å²) in [4.78, 5) is 27.5. The van der Waals surface area contributed by atoms with Crippen molar-refractivity contribution in [2.24, 2.45) is 5.92 Å². The van der Waals surface area contributed by atoms with Gasteiger partial charge in [-0.1, -0.05) is 42.8 Å². The van der Waals surface area contributed by atoms with Crippen LogP contribution in [-0.2, 0) is 16.0 Å². The fraction of sp³-hybridized carbons (Fsp3) is 0.462. The van der Waals surface area contributed by atoms with Gasteiger partial charge in [0.15, 0.2) is 6.10 Å². The number of hydrogen-bond donors (Lipinski definition) is 1. The molecule has 2 aromatic rings. The number of ether oxygens (including phenoxy) is 1. The van der Waals surface area contributed by atoms with E-state index in [4.69, 9.17) is 4.74 Å². The van der Waals surface area contributed by atoms with Gasteiger partial charge < -0.3 is 15.0 Å². The lowest BCUT2D eigenvalue weighted by Gasteiger charge is -2.38. The maximum Gasteiger partial charge on any atom is 0.261 e. The van der Waals surface area contributed by atoms with Crippen molar-refractivity contribution in [2.45, 2.75) is 58.6 Å². The largest absolute Gasteiger partial charge is 0.481 e. The van der Waals surface area contributed by atoms with Crippen LogP contribution in [0.25, 0.3) is 0 Å². The van der Waals surface area contributed by atoms with Crippen LogP contribution in [0.4, 0.5) is 0 Å². The van der Waals surface area contributed by atoms with Gasteiger partial charge in [0.2, 0.25) is 5.91 Å².